The van der Waals surface area contributed by atoms with Crippen molar-refractivity contribution in [1.29, 1.82) is 0 Å². The molecule has 1 aliphatic rings. The highest BCUT2D eigenvalue weighted by molar-refractivity contribution is 5.72. The number of urea groups is 1. The smallest absolute Gasteiger partial charge is 0.314 e. The molecule has 3 nitrogen and oxygen atoms in total. The summed E-state index contributed by atoms with van der Waals surface area (Å²) in [6, 6.07) is -0.311. The van der Waals surface area contributed by atoms with Crippen LogP contribution in [0.4, 0.5) is 4.79 Å². The van der Waals surface area contributed by atoms with E-state index in [1.807, 2.05) is 0 Å². The van der Waals surface area contributed by atoms with Gasteiger partial charge in [-0.2, -0.15) is 0 Å². The molecule has 0 aromatic carbocycles. The van der Waals surface area contributed by atoms with E-state index in [2.05, 4.69) is 5.92 Å². The van der Waals surface area contributed by atoms with Gasteiger partial charge in [0.25, 0.3) is 0 Å². The molecule has 0 aliphatic carbocycles. The summed E-state index contributed by atoms with van der Waals surface area (Å²) in [5.74, 6) is 3.24. The first-order chi connectivity index (χ1) is 5.74. The second kappa shape index (κ2) is 4.01. The topological polar surface area (TPSA) is 46.3 Å². The van der Waals surface area contributed by atoms with E-state index < -0.39 is 0 Å². The van der Waals surface area contributed by atoms with E-state index in [0.29, 0.717) is 5.92 Å². The molecule has 1 rings (SSSR count). The number of likely N-dealkylation sites (tertiary alicyclic amines) is 1. The van der Waals surface area contributed by atoms with Gasteiger partial charge in [-0.1, -0.05) is 0 Å². The number of hydrogen-bond acceptors (Lipinski definition) is 1. The van der Waals surface area contributed by atoms with E-state index >= 15 is 0 Å². The molecule has 2 N–H and O–H groups in total. The third kappa shape index (κ3) is 2.16. The van der Waals surface area contributed by atoms with Crippen LogP contribution in [0.25, 0.3) is 0 Å². The highest BCUT2D eigenvalue weighted by atomic mass is 16.2. The van der Waals surface area contributed by atoms with Crippen LogP contribution in [0.3, 0.4) is 0 Å². The van der Waals surface area contributed by atoms with Gasteiger partial charge in [-0.15, -0.1) is 12.3 Å². The number of rotatable bonds is 1. The Morgan fingerprint density at radius 1 is 1.58 bits per heavy atom. The molecule has 0 atom stereocenters. The number of terminal acetylenes is 1. The molecule has 0 aromatic heterocycles. The third-order valence-corrected chi connectivity index (χ3v) is 2.33. The van der Waals surface area contributed by atoms with Crippen molar-refractivity contribution in [2.24, 2.45) is 11.7 Å². The van der Waals surface area contributed by atoms with Gasteiger partial charge in [-0.25, -0.2) is 4.79 Å². The summed E-state index contributed by atoms with van der Waals surface area (Å²) in [6.07, 6.45) is 8.01. The lowest BCUT2D eigenvalue weighted by molar-refractivity contribution is 0.180. The van der Waals surface area contributed by atoms with Crippen molar-refractivity contribution in [3.05, 3.63) is 0 Å². The lowest BCUT2D eigenvalue weighted by Gasteiger charge is -2.29. The van der Waals surface area contributed by atoms with Crippen LogP contribution < -0.4 is 5.73 Å². The van der Waals surface area contributed by atoms with Crippen molar-refractivity contribution in [3.63, 3.8) is 0 Å². The Hall–Kier alpha value is -1.17. The molecule has 0 saturated carbocycles. The molecule has 3 heteroatoms. The second-order valence-corrected chi connectivity index (χ2v) is 3.18. The van der Waals surface area contributed by atoms with Gasteiger partial charge in [0.1, 0.15) is 0 Å². The highest BCUT2D eigenvalue weighted by Crippen LogP contribution is 2.19. The minimum Gasteiger partial charge on any atom is -0.351 e. The first-order valence-electron chi connectivity index (χ1n) is 4.22. The van der Waals surface area contributed by atoms with Crippen molar-refractivity contribution < 1.29 is 4.79 Å². The molecule has 66 valence electrons. The second-order valence-electron chi connectivity index (χ2n) is 3.18. The van der Waals surface area contributed by atoms with E-state index in [0.717, 1.165) is 32.4 Å². The zero-order chi connectivity index (χ0) is 8.97. The molecule has 1 saturated heterocycles. The molecule has 0 bridgehead atoms. The van der Waals surface area contributed by atoms with Gasteiger partial charge in [0.05, 0.1) is 0 Å². The van der Waals surface area contributed by atoms with Crippen molar-refractivity contribution in [3.8, 4) is 12.3 Å². The van der Waals surface area contributed by atoms with Crippen LogP contribution in [-0.2, 0) is 0 Å². The number of carbonyl (C=O) groups is 1. The lowest BCUT2D eigenvalue weighted by Crippen LogP contribution is -2.41. The summed E-state index contributed by atoms with van der Waals surface area (Å²) >= 11 is 0. The Labute approximate surface area is 72.9 Å². The van der Waals surface area contributed by atoms with Crippen LogP contribution in [0.5, 0.6) is 0 Å². The molecule has 0 aromatic rings. The number of nitrogens with zero attached hydrogens (tertiary/aromatic N) is 1. The Kier molecular flexibility index (Phi) is 2.98. The van der Waals surface area contributed by atoms with E-state index in [9.17, 15) is 4.79 Å². The first-order valence-corrected chi connectivity index (χ1v) is 4.22. The largest absolute Gasteiger partial charge is 0.351 e. The number of piperidine rings is 1. The summed E-state index contributed by atoms with van der Waals surface area (Å²) in [5.41, 5.74) is 5.13. The molecule has 0 spiro atoms. The lowest BCUT2D eigenvalue weighted by atomic mass is 9.94. The van der Waals surface area contributed by atoms with Crippen molar-refractivity contribution >= 4 is 6.03 Å². The highest BCUT2D eigenvalue weighted by Gasteiger charge is 2.19. The standard InChI is InChI=1S/C9H14N2O/c1-2-3-8-4-6-11(7-5-8)9(10)12/h1,8H,3-7H2,(H2,10,12). The fraction of sp³-hybridized carbons (Fsp3) is 0.667. The number of primary amides is 1. The van der Waals surface area contributed by atoms with Crippen molar-refractivity contribution in [2.75, 3.05) is 13.1 Å². The fourth-order valence-electron chi connectivity index (χ4n) is 1.52. The SMILES string of the molecule is C#CCC1CCN(C(N)=O)CC1. The Morgan fingerprint density at radius 2 is 2.17 bits per heavy atom. The maximum atomic E-state index is 10.7. The molecule has 1 aliphatic heterocycles. The van der Waals surface area contributed by atoms with Gasteiger partial charge in [-0.05, 0) is 18.8 Å². The fourth-order valence-corrected chi connectivity index (χ4v) is 1.52. The molecule has 1 heterocycles. The van der Waals surface area contributed by atoms with Gasteiger partial charge >= 0.3 is 6.03 Å². The monoisotopic (exact) mass is 166 g/mol. The Bertz CT molecular complexity index is 199. The van der Waals surface area contributed by atoms with Gasteiger partial charge in [0, 0.05) is 19.5 Å². The summed E-state index contributed by atoms with van der Waals surface area (Å²) in [4.78, 5) is 12.4. The minimum atomic E-state index is -0.311. The molecular weight excluding hydrogens is 152 g/mol. The molecule has 1 fully saturated rings. The van der Waals surface area contributed by atoms with Gasteiger partial charge in [0.15, 0.2) is 0 Å². The van der Waals surface area contributed by atoms with Crippen LogP contribution in [-0.4, -0.2) is 24.0 Å². The maximum Gasteiger partial charge on any atom is 0.314 e. The first kappa shape index (κ1) is 8.92. The zero-order valence-corrected chi connectivity index (χ0v) is 7.12. The predicted molar refractivity (Wildman–Crippen MR) is 47.3 cm³/mol. The average Bonchev–Trinajstić information content (AvgIpc) is 2.06. The molecule has 12 heavy (non-hydrogen) atoms. The zero-order valence-electron chi connectivity index (χ0n) is 7.12. The molecule has 0 unspecified atom stereocenters. The average molecular weight is 166 g/mol. The summed E-state index contributed by atoms with van der Waals surface area (Å²) in [7, 11) is 0. The Morgan fingerprint density at radius 3 is 2.58 bits per heavy atom. The number of hydrogen-bond donors (Lipinski definition) is 1. The Balaban J connectivity index is 2.30. The van der Waals surface area contributed by atoms with Gasteiger partial charge in [-0.3, -0.25) is 0 Å². The van der Waals surface area contributed by atoms with E-state index in [1.54, 1.807) is 4.90 Å². The van der Waals surface area contributed by atoms with E-state index in [-0.39, 0.29) is 6.03 Å². The van der Waals surface area contributed by atoms with Crippen LogP contribution in [0.1, 0.15) is 19.3 Å². The molecular formula is C9H14N2O. The van der Waals surface area contributed by atoms with Crippen molar-refractivity contribution in [2.45, 2.75) is 19.3 Å². The van der Waals surface area contributed by atoms with Crippen molar-refractivity contribution in [1.82, 2.24) is 4.90 Å². The van der Waals surface area contributed by atoms with Crippen LogP contribution in [0.15, 0.2) is 0 Å². The molecule has 2 amide bonds. The number of carbonyl (C=O) groups excluding carboxylic acids is 1. The molecule has 0 radical (unpaired) electrons. The van der Waals surface area contributed by atoms with E-state index in [4.69, 9.17) is 12.2 Å². The van der Waals surface area contributed by atoms with Crippen LogP contribution in [0.2, 0.25) is 0 Å². The summed E-state index contributed by atoms with van der Waals surface area (Å²) in [6.45, 7) is 1.53. The number of amides is 2. The van der Waals surface area contributed by atoms with Gasteiger partial charge < -0.3 is 10.6 Å². The number of nitrogens with two attached hydrogens (primary N) is 1. The summed E-state index contributed by atoms with van der Waals surface area (Å²) in [5, 5.41) is 0. The van der Waals surface area contributed by atoms with Crippen LogP contribution >= 0.6 is 0 Å². The normalized spacial score (nSPS) is 18.8. The van der Waals surface area contributed by atoms with Crippen LogP contribution in [0, 0.1) is 18.3 Å². The minimum absolute atomic E-state index is 0.311. The maximum absolute atomic E-state index is 10.7. The predicted octanol–water partition coefficient (Wildman–Crippen LogP) is 0.800. The quantitative estimate of drug-likeness (QED) is 0.575. The third-order valence-electron chi connectivity index (χ3n) is 2.33. The van der Waals surface area contributed by atoms with E-state index in [1.165, 1.54) is 0 Å². The van der Waals surface area contributed by atoms with Gasteiger partial charge in [0.2, 0.25) is 0 Å². The summed E-state index contributed by atoms with van der Waals surface area (Å²) < 4.78 is 0.